The van der Waals surface area contributed by atoms with E-state index in [1.807, 2.05) is 0 Å². The van der Waals surface area contributed by atoms with Crippen LogP contribution in [0.2, 0.25) is 0 Å². The maximum Gasteiger partial charge on any atom is 0.354 e. The zero-order valence-electron chi connectivity index (χ0n) is 8.48. The third-order valence-corrected chi connectivity index (χ3v) is 1.66. The van der Waals surface area contributed by atoms with Gasteiger partial charge in [-0.3, -0.25) is 0 Å². The van der Waals surface area contributed by atoms with Crippen molar-refractivity contribution in [3.8, 4) is 12.3 Å². The average molecular weight is 205 g/mol. The molecule has 0 aliphatic carbocycles. The van der Waals surface area contributed by atoms with E-state index >= 15 is 0 Å². The third kappa shape index (κ3) is 2.95. The number of terminal acetylenes is 1. The van der Waals surface area contributed by atoms with Crippen LogP contribution in [0.1, 0.15) is 24.3 Å². The number of aromatic nitrogens is 2. The molecule has 0 spiro atoms. The number of rotatable bonds is 3. The van der Waals surface area contributed by atoms with Crippen molar-refractivity contribution >= 4 is 11.9 Å². The number of carboxylic acid groups (broad SMARTS) is 1. The van der Waals surface area contributed by atoms with E-state index in [1.54, 1.807) is 13.8 Å². The molecule has 5 nitrogen and oxygen atoms in total. The molecule has 1 aromatic rings. The summed E-state index contributed by atoms with van der Waals surface area (Å²) in [5.74, 6) is 1.61. The summed E-state index contributed by atoms with van der Waals surface area (Å²) in [5.41, 5.74) is -0.683. The molecule has 0 atom stereocenters. The SMILES string of the molecule is C#CC(C)(C)Nc1nccc(C(=O)O)n1. The number of carbonyl (C=O) groups is 1. The molecule has 0 aliphatic heterocycles. The number of hydrogen-bond acceptors (Lipinski definition) is 4. The molecule has 0 bridgehead atoms. The predicted octanol–water partition coefficient (Wildman–Crippen LogP) is 0.998. The average Bonchev–Trinajstić information content (AvgIpc) is 2.17. The van der Waals surface area contributed by atoms with Gasteiger partial charge in [0.25, 0.3) is 0 Å². The first kappa shape index (κ1) is 11.0. The molecule has 1 heterocycles. The van der Waals surface area contributed by atoms with Gasteiger partial charge >= 0.3 is 5.97 Å². The summed E-state index contributed by atoms with van der Waals surface area (Å²) in [7, 11) is 0. The molecule has 0 saturated heterocycles. The van der Waals surface area contributed by atoms with E-state index in [0.29, 0.717) is 0 Å². The van der Waals surface area contributed by atoms with Gasteiger partial charge in [0, 0.05) is 6.20 Å². The molecule has 0 fully saturated rings. The van der Waals surface area contributed by atoms with Gasteiger partial charge in [-0.15, -0.1) is 6.42 Å². The lowest BCUT2D eigenvalue weighted by Gasteiger charge is -2.19. The van der Waals surface area contributed by atoms with Crippen LogP contribution >= 0.6 is 0 Å². The van der Waals surface area contributed by atoms with E-state index in [-0.39, 0.29) is 11.6 Å². The van der Waals surface area contributed by atoms with Crippen LogP contribution in [0, 0.1) is 12.3 Å². The Morgan fingerprint density at radius 1 is 1.67 bits per heavy atom. The molecule has 5 heteroatoms. The monoisotopic (exact) mass is 205 g/mol. The van der Waals surface area contributed by atoms with Crippen molar-refractivity contribution in [2.24, 2.45) is 0 Å². The van der Waals surface area contributed by atoms with E-state index in [9.17, 15) is 4.79 Å². The quantitative estimate of drug-likeness (QED) is 0.720. The number of aromatic carboxylic acids is 1. The highest BCUT2D eigenvalue weighted by atomic mass is 16.4. The molecule has 15 heavy (non-hydrogen) atoms. The molecule has 2 N–H and O–H groups in total. The van der Waals surface area contributed by atoms with Gasteiger partial charge < -0.3 is 10.4 Å². The predicted molar refractivity (Wildman–Crippen MR) is 55.5 cm³/mol. The van der Waals surface area contributed by atoms with Crippen molar-refractivity contribution in [2.75, 3.05) is 5.32 Å². The zero-order chi connectivity index (χ0) is 11.5. The van der Waals surface area contributed by atoms with Gasteiger partial charge in [-0.25, -0.2) is 14.8 Å². The van der Waals surface area contributed by atoms with Crippen LogP contribution < -0.4 is 5.32 Å². The van der Waals surface area contributed by atoms with Gasteiger partial charge in [0.1, 0.15) is 0 Å². The number of carboxylic acids is 1. The standard InChI is InChI=1S/C10H11N3O2/c1-4-10(2,3)13-9-11-6-5-7(12-9)8(14)15/h1,5-6H,2-3H3,(H,14,15)(H,11,12,13). The lowest BCUT2D eigenvalue weighted by atomic mass is 10.1. The van der Waals surface area contributed by atoms with E-state index in [0.717, 1.165) is 0 Å². The van der Waals surface area contributed by atoms with Crippen LogP contribution in [0.15, 0.2) is 12.3 Å². The summed E-state index contributed by atoms with van der Waals surface area (Å²) < 4.78 is 0. The topological polar surface area (TPSA) is 75.1 Å². The second-order valence-corrected chi connectivity index (χ2v) is 3.46. The summed E-state index contributed by atoms with van der Waals surface area (Å²) in [4.78, 5) is 18.3. The minimum atomic E-state index is -1.10. The fourth-order valence-electron chi connectivity index (χ4n) is 0.854. The van der Waals surface area contributed by atoms with Gasteiger partial charge in [-0.05, 0) is 19.9 Å². The van der Waals surface area contributed by atoms with Crippen LogP contribution in [-0.2, 0) is 0 Å². The molecule has 0 aromatic carbocycles. The van der Waals surface area contributed by atoms with Crippen LogP contribution in [0.3, 0.4) is 0 Å². The lowest BCUT2D eigenvalue weighted by molar-refractivity contribution is 0.0690. The minimum absolute atomic E-state index is 0.0691. The summed E-state index contributed by atoms with van der Waals surface area (Å²) in [5, 5.41) is 11.5. The molecule has 0 aliphatic rings. The molecular weight excluding hydrogens is 194 g/mol. The van der Waals surface area contributed by atoms with Crippen molar-refractivity contribution in [1.29, 1.82) is 0 Å². The van der Waals surface area contributed by atoms with E-state index in [4.69, 9.17) is 11.5 Å². The van der Waals surface area contributed by atoms with Crippen LogP contribution in [-0.4, -0.2) is 26.6 Å². The molecule has 0 unspecified atom stereocenters. The van der Waals surface area contributed by atoms with Gasteiger partial charge in [-0.2, -0.15) is 0 Å². The molecule has 1 aromatic heterocycles. The number of anilines is 1. The summed E-state index contributed by atoms with van der Waals surface area (Å²) >= 11 is 0. The second-order valence-electron chi connectivity index (χ2n) is 3.46. The number of hydrogen-bond donors (Lipinski definition) is 2. The molecule has 0 amide bonds. The van der Waals surface area contributed by atoms with Crippen LogP contribution in [0.4, 0.5) is 5.95 Å². The van der Waals surface area contributed by atoms with Gasteiger partial charge in [0.15, 0.2) is 5.69 Å². The zero-order valence-corrected chi connectivity index (χ0v) is 8.48. The smallest absolute Gasteiger partial charge is 0.354 e. The van der Waals surface area contributed by atoms with Crippen molar-refractivity contribution in [2.45, 2.75) is 19.4 Å². The van der Waals surface area contributed by atoms with Gasteiger partial charge in [0.2, 0.25) is 5.95 Å². The highest BCUT2D eigenvalue weighted by Crippen LogP contribution is 2.09. The van der Waals surface area contributed by atoms with Gasteiger partial charge in [0.05, 0.1) is 5.54 Å². The van der Waals surface area contributed by atoms with Crippen molar-refractivity contribution < 1.29 is 9.90 Å². The number of nitrogens with zero attached hydrogens (tertiary/aromatic N) is 2. The Hall–Kier alpha value is -2.09. The Bertz CT molecular complexity index is 421. The second kappa shape index (κ2) is 3.96. The van der Waals surface area contributed by atoms with Crippen LogP contribution in [0.25, 0.3) is 0 Å². The Labute approximate surface area is 87.6 Å². The van der Waals surface area contributed by atoms with Crippen molar-refractivity contribution in [3.05, 3.63) is 18.0 Å². The van der Waals surface area contributed by atoms with Gasteiger partial charge in [-0.1, -0.05) is 5.92 Å². The molecule has 78 valence electrons. The number of nitrogens with one attached hydrogen (secondary N) is 1. The normalized spacial score (nSPS) is 10.5. The largest absolute Gasteiger partial charge is 0.477 e. The molecule has 1 rings (SSSR count). The first-order valence-electron chi connectivity index (χ1n) is 4.27. The maximum atomic E-state index is 10.6. The first-order valence-corrected chi connectivity index (χ1v) is 4.27. The maximum absolute atomic E-state index is 10.6. The van der Waals surface area contributed by atoms with Crippen molar-refractivity contribution in [1.82, 2.24) is 9.97 Å². The summed E-state index contributed by atoms with van der Waals surface area (Å²) in [6.45, 7) is 3.54. The molecular formula is C10H11N3O2. The Kier molecular flexibility index (Phi) is 2.90. The third-order valence-electron chi connectivity index (χ3n) is 1.66. The van der Waals surface area contributed by atoms with Crippen molar-refractivity contribution in [3.63, 3.8) is 0 Å². The molecule has 0 saturated carbocycles. The van der Waals surface area contributed by atoms with E-state index < -0.39 is 11.5 Å². The summed E-state index contributed by atoms with van der Waals surface area (Å²) in [6.07, 6.45) is 6.63. The fourth-order valence-corrected chi connectivity index (χ4v) is 0.854. The Balaban J connectivity index is 2.93. The Morgan fingerprint density at radius 2 is 2.33 bits per heavy atom. The highest BCUT2D eigenvalue weighted by molar-refractivity contribution is 5.85. The minimum Gasteiger partial charge on any atom is -0.477 e. The Morgan fingerprint density at radius 3 is 2.87 bits per heavy atom. The fraction of sp³-hybridized carbons (Fsp3) is 0.300. The van der Waals surface area contributed by atoms with E-state index in [2.05, 4.69) is 21.2 Å². The van der Waals surface area contributed by atoms with E-state index in [1.165, 1.54) is 12.3 Å². The summed E-state index contributed by atoms with van der Waals surface area (Å²) in [6, 6.07) is 1.32. The lowest BCUT2D eigenvalue weighted by Crippen LogP contribution is -2.29. The molecule has 0 radical (unpaired) electrons. The highest BCUT2D eigenvalue weighted by Gasteiger charge is 2.15. The van der Waals surface area contributed by atoms with Crippen LogP contribution in [0.5, 0.6) is 0 Å². The first-order chi connectivity index (χ1) is 6.94.